The van der Waals surface area contributed by atoms with Gasteiger partial charge >= 0.3 is 6.03 Å². The summed E-state index contributed by atoms with van der Waals surface area (Å²) >= 11 is 0. The lowest BCUT2D eigenvalue weighted by Crippen LogP contribution is -2.53. The third-order valence-corrected chi connectivity index (χ3v) is 4.47. The number of guanidine groups is 1. The molecule has 3 rings (SSSR count). The SMILES string of the molecule is CN=C(NCCN1C(=O)CNC1=O)N1CCN(c2ccccc2)CC1. The predicted molar refractivity (Wildman–Crippen MR) is 96.7 cm³/mol. The number of hydrogen-bond donors (Lipinski definition) is 2. The highest BCUT2D eigenvalue weighted by molar-refractivity contribution is 6.01. The van der Waals surface area contributed by atoms with E-state index in [0.29, 0.717) is 13.1 Å². The number of hydrogen-bond acceptors (Lipinski definition) is 4. The van der Waals surface area contributed by atoms with E-state index in [0.717, 1.165) is 32.1 Å². The molecule has 2 saturated heterocycles. The molecule has 0 saturated carbocycles. The van der Waals surface area contributed by atoms with E-state index >= 15 is 0 Å². The molecule has 1 aromatic rings. The van der Waals surface area contributed by atoms with Crippen molar-refractivity contribution in [1.29, 1.82) is 0 Å². The van der Waals surface area contributed by atoms with Crippen LogP contribution in [0.4, 0.5) is 10.5 Å². The number of benzene rings is 1. The van der Waals surface area contributed by atoms with Crippen LogP contribution in [-0.2, 0) is 4.79 Å². The van der Waals surface area contributed by atoms with E-state index in [9.17, 15) is 9.59 Å². The van der Waals surface area contributed by atoms with Crippen LogP contribution in [0.2, 0.25) is 0 Å². The third kappa shape index (κ3) is 4.01. The first-order chi connectivity index (χ1) is 12.2. The average molecular weight is 344 g/mol. The van der Waals surface area contributed by atoms with Crippen LogP contribution < -0.4 is 15.5 Å². The number of carbonyl (C=O) groups is 2. The Labute approximate surface area is 147 Å². The second kappa shape index (κ2) is 7.87. The number of carbonyl (C=O) groups excluding carboxylic acids is 2. The first kappa shape index (κ1) is 17.1. The zero-order valence-electron chi connectivity index (χ0n) is 14.4. The van der Waals surface area contributed by atoms with Crippen molar-refractivity contribution in [3.05, 3.63) is 30.3 Å². The fraction of sp³-hybridized carbons (Fsp3) is 0.471. The maximum atomic E-state index is 11.6. The normalized spacial score (nSPS) is 18.6. The van der Waals surface area contributed by atoms with E-state index < -0.39 is 0 Å². The van der Waals surface area contributed by atoms with Gasteiger partial charge in [0, 0.05) is 52.0 Å². The van der Waals surface area contributed by atoms with Crippen LogP contribution in [-0.4, -0.2) is 80.6 Å². The largest absolute Gasteiger partial charge is 0.368 e. The smallest absolute Gasteiger partial charge is 0.324 e. The lowest BCUT2D eigenvalue weighted by atomic mass is 10.2. The van der Waals surface area contributed by atoms with Gasteiger partial charge in [0.2, 0.25) is 5.91 Å². The van der Waals surface area contributed by atoms with Crippen molar-refractivity contribution in [3.8, 4) is 0 Å². The van der Waals surface area contributed by atoms with Crippen molar-refractivity contribution in [2.24, 2.45) is 4.99 Å². The highest BCUT2D eigenvalue weighted by Gasteiger charge is 2.28. The number of urea groups is 1. The van der Waals surface area contributed by atoms with Crippen molar-refractivity contribution in [1.82, 2.24) is 20.4 Å². The molecule has 2 N–H and O–H groups in total. The molecule has 0 bridgehead atoms. The van der Waals surface area contributed by atoms with Crippen LogP contribution in [0.3, 0.4) is 0 Å². The molecule has 1 aromatic carbocycles. The summed E-state index contributed by atoms with van der Waals surface area (Å²) in [4.78, 5) is 33.2. The number of imide groups is 1. The van der Waals surface area contributed by atoms with Gasteiger partial charge in [0.25, 0.3) is 0 Å². The van der Waals surface area contributed by atoms with Gasteiger partial charge in [0.1, 0.15) is 0 Å². The van der Waals surface area contributed by atoms with Gasteiger partial charge < -0.3 is 20.4 Å². The van der Waals surface area contributed by atoms with Gasteiger partial charge in [-0.3, -0.25) is 14.7 Å². The Morgan fingerprint density at radius 2 is 1.88 bits per heavy atom. The molecule has 8 nitrogen and oxygen atoms in total. The summed E-state index contributed by atoms with van der Waals surface area (Å²) in [5.41, 5.74) is 1.24. The zero-order chi connectivity index (χ0) is 17.6. The Hall–Kier alpha value is -2.77. The molecule has 25 heavy (non-hydrogen) atoms. The quantitative estimate of drug-likeness (QED) is 0.454. The monoisotopic (exact) mass is 344 g/mol. The molecule has 134 valence electrons. The summed E-state index contributed by atoms with van der Waals surface area (Å²) in [7, 11) is 1.75. The van der Waals surface area contributed by atoms with Crippen LogP contribution in [0.5, 0.6) is 0 Å². The minimum atomic E-state index is -0.321. The molecule has 2 aliphatic rings. The summed E-state index contributed by atoms with van der Waals surface area (Å²) < 4.78 is 0. The molecule has 0 atom stereocenters. The fourth-order valence-corrected chi connectivity index (χ4v) is 3.11. The van der Waals surface area contributed by atoms with Crippen LogP contribution in [0, 0.1) is 0 Å². The second-order valence-corrected chi connectivity index (χ2v) is 5.99. The highest BCUT2D eigenvalue weighted by atomic mass is 16.2. The first-order valence-electron chi connectivity index (χ1n) is 8.53. The van der Waals surface area contributed by atoms with Crippen LogP contribution in [0.1, 0.15) is 0 Å². The van der Waals surface area contributed by atoms with Crippen molar-refractivity contribution >= 4 is 23.6 Å². The molecular formula is C17H24N6O2. The Morgan fingerprint density at radius 1 is 1.16 bits per heavy atom. The molecule has 0 spiro atoms. The fourth-order valence-electron chi connectivity index (χ4n) is 3.11. The number of nitrogens with zero attached hydrogens (tertiary/aromatic N) is 4. The minimum absolute atomic E-state index is 0.0923. The second-order valence-electron chi connectivity index (χ2n) is 5.99. The maximum absolute atomic E-state index is 11.6. The molecule has 3 amide bonds. The summed E-state index contributed by atoms with van der Waals surface area (Å²) in [6.45, 7) is 4.53. The standard InChI is InChI=1S/C17H24N6O2/c1-18-16(19-7-8-23-15(24)13-20-17(23)25)22-11-9-21(10-12-22)14-5-3-2-4-6-14/h2-6H,7-13H2,1H3,(H,18,19)(H,20,25). The van der Waals surface area contributed by atoms with Crippen LogP contribution in [0.25, 0.3) is 0 Å². The van der Waals surface area contributed by atoms with E-state index in [1.54, 1.807) is 7.05 Å². The Morgan fingerprint density at radius 3 is 2.48 bits per heavy atom. The number of nitrogens with one attached hydrogen (secondary N) is 2. The first-order valence-corrected chi connectivity index (χ1v) is 8.53. The molecule has 2 fully saturated rings. The number of para-hydroxylation sites is 1. The van der Waals surface area contributed by atoms with Gasteiger partial charge in [-0.1, -0.05) is 18.2 Å². The molecule has 0 aliphatic carbocycles. The number of rotatable bonds is 4. The molecule has 8 heteroatoms. The van der Waals surface area contributed by atoms with Crippen LogP contribution >= 0.6 is 0 Å². The van der Waals surface area contributed by atoms with E-state index in [1.807, 2.05) is 6.07 Å². The Balaban J connectivity index is 1.46. The van der Waals surface area contributed by atoms with Gasteiger partial charge in [-0.2, -0.15) is 0 Å². The summed E-state index contributed by atoms with van der Waals surface area (Å²) in [5, 5.41) is 5.76. The van der Waals surface area contributed by atoms with E-state index in [4.69, 9.17) is 0 Å². The van der Waals surface area contributed by atoms with Gasteiger partial charge in [-0.15, -0.1) is 0 Å². The van der Waals surface area contributed by atoms with Crippen molar-refractivity contribution in [3.63, 3.8) is 0 Å². The molecule has 0 radical (unpaired) electrons. The Kier molecular flexibility index (Phi) is 5.37. The third-order valence-electron chi connectivity index (χ3n) is 4.47. The number of amides is 3. The predicted octanol–water partition coefficient (Wildman–Crippen LogP) is -0.0642. The van der Waals surface area contributed by atoms with Crippen molar-refractivity contribution < 1.29 is 9.59 Å². The van der Waals surface area contributed by atoms with E-state index in [-0.39, 0.29) is 18.5 Å². The van der Waals surface area contributed by atoms with Gasteiger partial charge in [-0.25, -0.2) is 4.79 Å². The summed E-state index contributed by atoms with van der Waals surface area (Å²) in [6, 6.07) is 10.1. The lowest BCUT2D eigenvalue weighted by Gasteiger charge is -2.37. The van der Waals surface area contributed by atoms with Gasteiger partial charge in [0.15, 0.2) is 5.96 Å². The van der Waals surface area contributed by atoms with E-state index in [1.165, 1.54) is 10.6 Å². The molecule has 2 aliphatic heterocycles. The molecule has 0 unspecified atom stereocenters. The van der Waals surface area contributed by atoms with Crippen molar-refractivity contribution in [2.75, 3.05) is 57.8 Å². The Bertz CT molecular complexity index is 624. The van der Waals surface area contributed by atoms with Crippen LogP contribution in [0.15, 0.2) is 35.3 Å². The van der Waals surface area contributed by atoms with Gasteiger partial charge in [0.05, 0.1) is 6.54 Å². The summed E-state index contributed by atoms with van der Waals surface area (Å²) in [6.07, 6.45) is 0. The molecule has 0 aromatic heterocycles. The maximum Gasteiger partial charge on any atom is 0.324 e. The number of anilines is 1. The zero-order valence-corrected chi connectivity index (χ0v) is 14.4. The van der Waals surface area contributed by atoms with Crippen molar-refractivity contribution in [2.45, 2.75) is 0 Å². The average Bonchev–Trinajstić information content (AvgIpc) is 2.98. The summed E-state index contributed by atoms with van der Waals surface area (Å²) in [5.74, 6) is 0.623. The van der Waals surface area contributed by atoms with Gasteiger partial charge in [-0.05, 0) is 12.1 Å². The molecular weight excluding hydrogens is 320 g/mol. The minimum Gasteiger partial charge on any atom is -0.368 e. The number of aliphatic imine (C=N–C) groups is 1. The number of piperazine rings is 1. The van der Waals surface area contributed by atoms with E-state index in [2.05, 4.69) is 49.7 Å². The topological polar surface area (TPSA) is 80.3 Å². The lowest BCUT2D eigenvalue weighted by molar-refractivity contribution is -0.124. The highest BCUT2D eigenvalue weighted by Crippen LogP contribution is 2.15. The molecule has 2 heterocycles.